The Morgan fingerprint density at radius 1 is 1.27 bits per heavy atom. The van der Waals surface area contributed by atoms with Crippen LogP contribution in [0.3, 0.4) is 0 Å². The quantitative estimate of drug-likeness (QED) is 0.799. The number of carbonyl (C=O) groups is 2. The summed E-state index contributed by atoms with van der Waals surface area (Å²) < 4.78 is 42.3. The molecule has 0 spiro atoms. The van der Waals surface area contributed by atoms with Crippen LogP contribution in [0.15, 0.2) is 30.3 Å². The number of ketones is 1. The SMILES string of the molecule is CCC(NC(=O)OCc1ccccc1)C(=O)Cn1nnc(C(F)(F)F)n1. The number of carbonyl (C=O) groups excluding carboxylic acids is 2. The number of nitrogens with one attached hydrogen (secondary N) is 1. The third kappa shape index (κ3) is 5.53. The van der Waals surface area contributed by atoms with Gasteiger partial charge in [-0.2, -0.15) is 18.0 Å². The molecule has 0 aliphatic carbocycles. The zero-order chi connectivity index (χ0) is 19.2. The van der Waals surface area contributed by atoms with Crippen molar-refractivity contribution in [3.63, 3.8) is 0 Å². The second-order valence-corrected chi connectivity index (χ2v) is 5.27. The van der Waals surface area contributed by atoms with Gasteiger partial charge in [0, 0.05) is 0 Å². The van der Waals surface area contributed by atoms with Crippen LogP contribution in [0.2, 0.25) is 0 Å². The van der Waals surface area contributed by atoms with Crippen LogP contribution in [-0.4, -0.2) is 38.1 Å². The Hall–Kier alpha value is -2.98. The molecule has 1 unspecified atom stereocenters. The van der Waals surface area contributed by atoms with Gasteiger partial charge in [-0.15, -0.1) is 10.2 Å². The van der Waals surface area contributed by atoms with E-state index < -0.39 is 36.5 Å². The van der Waals surface area contributed by atoms with Gasteiger partial charge < -0.3 is 10.1 Å². The van der Waals surface area contributed by atoms with E-state index in [9.17, 15) is 22.8 Å². The molecule has 0 fully saturated rings. The van der Waals surface area contributed by atoms with E-state index in [0.717, 1.165) is 5.56 Å². The number of rotatable bonds is 7. The normalized spacial score (nSPS) is 12.5. The fraction of sp³-hybridized carbons (Fsp3) is 0.400. The van der Waals surface area contributed by atoms with Crippen molar-refractivity contribution < 1.29 is 27.5 Å². The largest absolute Gasteiger partial charge is 0.455 e. The predicted molar refractivity (Wildman–Crippen MR) is 81.7 cm³/mol. The van der Waals surface area contributed by atoms with Gasteiger partial charge in [0.05, 0.1) is 6.04 Å². The maximum atomic E-state index is 12.4. The summed E-state index contributed by atoms with van der Waals surface area (Å²) in [6.45, 7) is 1.10. The number of hydrogen-bond donors (Lipinski definition) is 1. The molecule has 2 aromatic rings. The van der Waals surface area contributed by atoms with Gasteiger partial charge in [0.1, 0.15) is 13.2 Å². The van der Waals surface area contributed by atoms with Crippen LogP contribution in [0.5, 0.6) is 0 Å². The van der Waals surface area contributed by atoms with Crippen LogP contribution in [0.25, 0.3) is 0 Å². The lowest BCUT2D eigenvalue weighted by Crippen LogP contribution is -2.42. The van der Waals surface area contributed by atoms with Gasteiger partial charge in [-0.05, 0) is 17.2 Å². The van der Waals surface area contributed by atoms with E-state index in [1.807, 2.05) is 6.07 Å². The Kier molecular flexibility index (Phi) is 6.26. The first-order valence-corrected chi connectivity index (χ1v) is 7.64. The number of nitrogens with zero attached hydrogens (tertiary/aromatic N) is 4. The van der Waals surface area contributed by atoms with Crippen LogP contribution in [0.4, 0.5) is 18.0 Å². The Morgan fingerprint density at radius 2 is 1.96 bits per heavy atom. The zero-order valence-corrected chi connectivity index (χ0v) is 13.7. The van der Waals surface area contributed by atoms with Gasteiger partial charge >= 0.3 is 12.3 Å². The summed E-state index contributed by atoms with van der Waals surface area (Å²) in [6.07, 6.45) is -5.33. The van der Waals surface area contributed by atoms with Crippen molar-refractivity contribution in [2.75, 3.05) is 0 Å². The Labute approximate surface area is 146 Å². The molecule has 2 rings (SSSR count). The van der Waals surface area contributed by atoms with E-state index >= 15 is 0 Å². The molecule has 140 valence electrons. The number of benzene rings is 1. The van der Waals surface area contributed by atoms with Gasteiger partial charge in [-0.1, -0.05) is 37.3 Å². The highest BCUT2D eigenvalue weighted by atomic mass is 19.4. The van der Waals surface area contributed by atoms with Crippen molar-refractivity contribution in [3.8, 4) is 0 Å². The molecule has 1 aromatic heterocycles. The number of alkyl carbamates (subject to hydrolysis) is 1. The molecule has 0 radical (unpaired) electrons. The van der Waals surface area contributed by atoms with Gasteiger partial charge in [0.25, 0.3) is 5.82 Å². The molecule has 11 heteroatoms. The lowest BCUT2D eigenvalue weighted by atomic mass is 10.1. The number of amides is 1. The lowest BCUT2D eigenvalue weighted by molar-refractivity contribution is -0.145. The first-order chi connectivity index (χ1) is 12.3. The molecular weight excluding hydrogens is 355 g/mol. The van der Waals surface area contributed by atoms with Crippen LogP contribution >= 0.6 is 0 Å². The first kappa shape index (κ1) is 19.3. The molecule has 0 aliphatic heterocycles. The smallest absolute Gasteiger partial charge is 0.445 e. The van der Waals surface area contributed by atoms with Crippen LogP contribution in [-0.2, 0) is 28.9 Å². The highest BCUT2D eigenvalue weighted by molar-refractivity contribution is 5.87. The highest BCUT2D eigenvalue weighted by Gasteiger charge is 2.37. The summed E-state index contributed by atoms with van der Waals surface area (Å²) in [5, 5.41) is 11.5. The summed E-state index contributed by atoms with van der Waals surface area (Å²) in [5.74, 6) is -2.01. The molecule has 1 amide bonds. The van der Waals surface area contributed by atoms with Crippen molar-refractivity contribution in [1.29, 1.82) is 0 Å². The number of hydrogen-bond acceptors (Lipinski definition) is 6. The number of alkyl halides is 3. The Balaban J connectivity index is 1.87. The molecule has 1 aromatic carbocycles. The van der Waals surface area contributed by atoms with Crippen molar-refractivity contribution in [2.24, 2.45) is 0 Å². The predicted octanol–water partition coefficient (Wildman–Crippen LogP) is 1.97. The standard InChI is InChI=1S/C15H16F3N5O3/c1-2-11(19-14(25)26-9-10-6-4-3-5-7-10)12(24)8-23-21-13(20-22-23)15(16,17)18/h3-7,11H,2,8-9H2,1H3,(H,19,25). The van der Waals surface area contributed by atoms with Gasteiger partial charge in [0.15, 0.2) is 5.78 Å². The van der Waals surface area contributed by atoms with Crippen LogP contribution in [0.1, 0.15) is 24.7 Å². The van der Waals surface area contributed by atoms with E-state index in [0.29, 0.717) is 4.80 Å². The van der Waals surface area contributed by atoms with Gasteiger partial charge in [-0.25, -0.2) is 4.79 Å². The third-order valence-corrected chi connectivity index (χ3v) is 3.31. The second-order valence-electron chi connectivity index (χ2n) is 5.27. The molecular formula is C15H16F3N5O3. The summed E-state index contributed by atoms with van der Waals surface area (Å²) in [4.78, 5) is 24.5. The average Bonchev–Trinajstić information content (AvgIpc) is 3.07. The van der Waals surface area contributed by atoms with Crippen molar-refractivity contribution in [2.45, 2.75) is 38.7 Å². The molecule has 0 saturated carbocycles. The van der Waals surface area contributed by atoms with Crippen LogP contribution < -0.4 is 5.32 Å². The fourth-order valence-corrected chi connectivity index (χ4v) is 1.99. The van der Waals surface area contributed by atoms with Crippen molar-refractivity contribution in [3.05, 3.63) is 41.7 Å². The molecule has 1 N–H and O–H groups in total. The van der Waals surface area contributed by atoms with Gasteiger partial charge in [0.2, 0.25) is 0 Å². The van der Waals surface area contributed by atoms with E-state index in [1.165, 1.54) is 0 Å². The number of Topliss-reactive ketones (excluding diaryl/α,β-unsaturated/α-hetero) is 1. The Bertz CT molecular complexity index is 748. The van der Waals surface area contributed by atoms with E-state index in [1.54, 1.807) is 31.2 Å². The fourth-order valence-electron chi connectivity index (χ4n) is 1.99. The van der Waals surface area contributed by atoms with Crippen molar-refractivity contribution in [1.82, 2.24) is 25.5 Å². The van der Waals surface area contributed by atoms with Crippen LogP contribution in [0, 0.1) is 0 Å². The molecule has 8 nitrogen and oxygen atoms in total. The van der Waals surface area contributed by atoms with Crippen molar-refractivity contribution >= 4 is 11.9 Å². The maximum absolute atomic E-state index is 12.4. The Morgan fingerprint density at radius 3 is 2.54 bits per heavy atom. The summed E-state index contributed by atoms with van der Waals surface area (Å²) in [7, 11) is 0. The molecule has 0 bridgehead atoms. The number of tetrazole rings is 1. The summed E-state index contributed by atoms with van der Waals surface area (Å²) in [6, 6.07) is 7.98. The summed E-state index contributed by atoms with van der Waals surface area (Å²) >= 11 is 0. The van der Waals surface area contributed by atoms with E-state index in [4.69, 9.17) is 4.74 Å². The number of aromatic nitrogens is 4. The number of halogens is 3. The highest BCUT2D eigenvalue weighted by Crippen LogP contribution is 2.24. The molecule has 1 heterocycles. The number of ether oxygens (including phenoxy) is 1. The van der Waals surface area contributed by atoms with E-state index in [2.05, 4.69) is 20.7 Å². The molecule has 0 saturated heterocycles. The minimum atomic E-state index is -4.75. The molecule has 0 aliphatic rings. The van der Waals surface area contributed by atoms with Gasteiger partial charge in [-0.3, -0.25) is 4.79 Å². The third-order valence-electron chi connectivity index (χ3n) is 3.31. The monoisotopic (exact) mass is 371 g/mol. The molecule has 26 heavy (non-hydrogen) atoms. The summed E-state index contributed by atoms with van der Waals surface area (Å²) in [5.41, 5.74) is 0.772. The topological polar surface area (TPSA) is 99.0 Å². The minimum absolute atomic E-state index is 0.0247. The lowest BCUT2D eigenvalue weighted by Gasteiger charge is -2.15. The zero-order valence-electron chi connectivity index (χ0n) is 13.7. The second kappa shape index (κ2) is 8.41. The average molecular weight is 371 g/mol. The first-order valence-electron chi connectivity index (χ1n) is 7.64. The minimum Gasteiger partial charge on any atom is -0.445 e. The van der Waals surface area contributed by atoms with E-state index in [-0.39, 0.29) is 13.0 Å². The molecule has 1 atom stereocenters. The maximum Gasteiger partial charge on any atom is 0.455 e.